The van der Waals surface area contributed by atoms with E-state index in [1.54, 1.807) is 7.11 Å². The Kier molecular flexibility index (Phi) is 4.98. The minimum Gasteiger partial charge on any atom is -0.497 e. The Hall–Kier alpha value is -1.52. The summed E-state index contributed by atoms with van der Waals surface area (Å²) in [5.74, 6) is 0.930. The maximum absolute atomic E-state index is 13.5. The number of aryl methyl sites for hydroxylation is 1. The molecule has 0 N–H and O–H groups in total. The highest BCUT2D eigenvalue weighted by Crippen LogP contribution is 2.53. The van der Waals surface area contributed by atoms with Crippen molar-refractivity contribution in [1.29, 1.82) is 0 Å². The molecule has 4 rings (SSSR count). The molecule has 2 aliphatic rings. The molecular formula is C22H23BrClNO2. The standard InChI is InChI=1S/C22H23BrClNO2/c1-14-12-17(23)20(24)19-18(14)21(26)25(22(19)10-4-3-5-11-22)13-15-6-8-16(27-2)9-7-15/h6-9,12H,3-5,10-11,13H2,1-2H3. The monoisotopic (exact) mass is 447 g/mol. The van der Waals surface area contributed by atoms with Gasteiger partial charge in [-0.25, -0.2) is 0 Å². The van der Waals surface area contributed by atoms with Crippen LogP contribution in [-0.4, -0.2) is 17.9 Å². The molecule has 1 fully saturated rings. The summed E-state index contributed by atoms with van der Waals surface area (Å²) in [4.78, 5) is 15.6. The lowest BCUT2D eigenvalue weighted by Gasteiger charge is -2.42. The van der Waals surface area contributed by atoms with Gasteiger partial charge in [-0.1, -0.05) is 43.0 Å². The number of carbonyl (C=O) groups is 1. The molecule has 1 aliphatic carbocycles. The second-order valence-corrected chi connectivity index (χ2v) is 8.80. The van der Waals surface area contributed by atoms with E-state index in [0.717, 1.165) is 58.2 Å². The van der Waals surface area contributed by atoms with Crippen LogP contribution in [0.1, 0.15) is 59.2 Å². The largest absolute Gasteiger partial charge is 0.497 e. The highest BCUT2D eigenvalue weighted by atomic mass is 79.9. The van der Waals surface area contributed by atoms with Crippen LogP contribution in [0.4, 0.5) is 0 Å². The molecule has 142 valence electrons. The lowest BCUT2D eigenvalue weighted by molar-refractivity contribution is 0.0387. The zero-order valence-corrected chi connectivity index (χ0v) is 18.0. The highest BCUT2D eigenvalue weighted by molar-refractivity contribution is 9.10. The number of fused-ring (bicyclic) bond motifs is 2. The fourth-order valence-corrected chi connectivity index (χ4v) is 5.59. The molecule has 0 atom stereocenters. The normalized spacial score (nSPS) is 18.1. The lowest BCUT2D eigenvalue weighted by Crippen LogP contribution is -2.44. The van der Waals surface area contributed by atoms with E-state index in [-0.39, 0.29) is 11.4 Å². The van der Waals surface area contributed by atoms with E-state index in [2.05, 4.69) is 20.8 Å². The van der Waals surface area contributed by atoms with Crippen molar-refractivity contribution in [2.75, 3.05) is 7.11 Å². The van der Waals surface area contributed by atoms with Crippen molar-refractivity contribution < 1.29 is 9.53 Å². The summed E-state index contributed by atoms with van der Waals surface area (Å²) < 4.78 is 6.14. The predicted octanol–water partition coefficient (Wildman–Crippen LogP) is 6.23. The molecular weight excluding hydrogens is 426 g/mol. The van der Waals surface area contributed by atoms with Crippen LogP contribution in [-0.2, 0) is 12.1 Å². The number of amides is 1. The molecule has 1 spiro atoms. The SMILES string of the molecule is COc1ccc(CN2C(=O)c3c(C)cc(Br)c(Cl)c3C23CCCCC3)cc1. The number of methoxy groups -OCH3 is 1. The number of benzene rings is 2. The third-order valence-corrected chi connectivity index (χ3v) is 7.28. The van der Waals surface area contributed by atoms with Crippen LogP contribution in [0.5, 0.6) is 5.75 Å². The quantitative estimate of drug-likeness (QED) is 0.556. The van der Waals surface area contributed by atoms with Crippen LogP contribution in [0.2, 0.25) is 5.02 Å². The fourth-order valence-electron chi connectivity index (χ4n) is 4.72. The van der Waals surface area contributed by atoms with E-state index in [0.29, 0.717) is 11.6 Å². The minimum absolute atomic E-state index is 0.106. The predicted molar refractivity (Wildman–Crippen MR) is 112 cm³/mol. The van der Waals surface area contributed by atoms with Gasteiger partial charge in [0.05, 0.1) is 17.7 Å². The van der Waals surface area contributed by atoms with Crippen molar-refractivity contribution in [2.24, 2.45) is 0 Å². The van der Waals surface area contributed by atoms with Gasteiger partial charge in [0, 0.05) is 22.1 Å². The molecule has 1 amide bonds. The van der Waals surface area contributed by atoms with E-state index in [1.807, 2.05) is 37.3 Å². The van der Waals surface area contributed by atoms with Gasteiger partial charge < -0.3 is 9.64 Å². The van der Waals surface area contributed by atoms with Crippen molar-refractivity contribution in [3.05, 3.63) is 62.1 Å². The van der Waals surface area contributed by atoms with Crippen molar-refractivity contribution in [1.82, 2.24) is 4.90 Å². The van der Waals surface area contributed by atoms with Crippen molar-refractivity contribution in [3.63, 3.8) is 0 Å². The Morgan fingerprint density at radius 3 is 2.48 bits per heavy atom. The number of hydrogen-bond acceptors (Lipinski definition) is 2. The molecule has 0 bridgehead atoms. The van der Waals surface area contributed by atoms with Crippen LogP contribution in [0.3, 0.4) is 0 Å². The van der Waals surface area contributed by atoms with Gasteiger partial charge in [0.25, 0.3) is 5.91 Å². The summed E-state index contributed by atoms with van der Waals surface area (Å²) in [7, 11) is 1.66. The first-order valence-corrected chi connectivity index (χ1v) is 10.6. The second kappa shape index (κ2) is 7.14. The molecule has 1 saturated carbocycles. The highest BCUT2D eigenvalue weighted by Gasteiger charge is 2.51. The molecule has 2 aromatic carbocycles. The fraction of sp³-hybridized carbons (Fsp3) is 0.409. The number of hydrogen-bond donors (Lipinski definition) is 0. The zero-order valence-electron chi connectivity index (χ0n) is 15.6. The van der Waals surface area contributed by atoms with Gasteiger partial charge in [-0.3, -0.25) is 4.79 Å². The van der Waals surface area contributed by atoms with E-state index < -0.39 is 0 Å². The number of halogens is 2. The van der Waals surface area contributed by atoms with Crippen molar-refractivity contribution in [2.45, 2.75) is 51.1 Å². The van der Waals surface area contributed by atoms with E-state index >= 15 is 0 Å². The molecule has 27 heavy (non-hydrogen) atoms. The van der Waals surface area contributed by atoms with Gasteiger partial charge in [-0.05, 0) is 65.0 Å². The first kappa shape index (κ1) is 18.8. The molecule has 0 aromatic heterocycles. The molecule has 2 aromatic rings. The summed E-state index contributed by atoms with van der Waals surface area (Å²) in [6, 6.07) is 9.94. The van der Waals surface area contributed by atoms with Gasteiger partial charge in [0.15, 0.2) is 0 Å². The summed E-state index contributed by atoms with van der Waals surface area (Å²) >= 11 is 10.4. The summed E-state index contributed by atoms with van der Waals surface area (Å²) in [6.45, 7) is 2.59. The lowest BCUT2D eigenvalue weighted by atomic mass is 9.76. The van der Waals surface area contributed by atoms with Gasteiger partial charge in [-0.15, -0.1) is 0 Å². The third-order valence-electron chi connectivity index (χ3n) is 6.04. The van der Waals surface area contributed by atoms with Crippen molar-refractivity contribution in [3.8, 4) is 5.75 Å². The average molecular weight is 449 g/mol. The Labute approximate surface area is 173 Å². The Morgan fingerprint density at radius 2 is 1.85 bits per heavy atom. The van der Waals surface area contributed by atoms with Gasteiger partial charge in [0.1, 0.15) is 5.75 Å². The van der Waals surface area contributed by atoms with Crippen LogP contribution >= 0.6 is 27.5 Å². The Balaban J connectivity index is 1.82. The molecule has 1 heterocycles. The summed E-state index contributed by atoms with van der Waals surface area (Å²) in [5.41, 5.74) is 3.65. The van der Waals surface area contributed by atoms with Gasteiger partial charge in [0.2, 0.25) is 0 Å². The Morgan fingerprint density at radius 1 is 1.19 bits per heavy atom. The summed E-state index contributed by atoms with van der Waals surface area (Å²) in [5, 5.41) is 0.697. The first-order valence-electron chi connectivity index (χ1n) is 9.42. The average Bonchev–Trinajstić information content (AvgIpc) is 2.90. The van der Waals surface area contributed by atoms with Crippen LogP contribution < -0.4 is 4.74 Å². The van der Waals surface area contributed by atoms with Gasteiger partial charge >= 0.3 is 0 Å². The van der Waals surface area contributed by atoms with Crippen LogP contribution in [0.15, 0.2) is 34.8 Å². The molecule has 0 radical (unpaired) electrons. The Bertz CT molecular complexity index is 888. The number of nitrogens with zero attached hydrogens (tertiary/aromatic N) is 1. The van der Waals surface area contributed by atoms with Crippen LogP contribution in [0.25, 0.3) is 0 Å². The van der Waals surface area contributed by atoms with E-state index in [4.69, 9.17) is 16.3 Å². The molecule has 5 heteroatoms. The van der Waals surface area contributed by atoms with Gasteiger partial charge in [-0.2, -0.15) is 0 Å². The minimum atomic E-state index is -0.295. The molecule has 1 aliphatic heterocycles. The second-order valence-electron chi connectivity index (χ2n) is 7.57. The van der Waals surface area contributed by atoms with E-state index in [9.17, 15) is 4.79 Å². The first-order chi connectivity index (χ1) is 13.0. The van der Waals surface area contributed by atoms with Crippen molar-refractivity contribution >= 4 is 33.4 Å². The summed E-state index contributed by atoms with van der Waals surface area (Å²) in [6.07, 6.45) is 5.39. The molecule has 0 saturated heterocycles. The van der Waals surface area contributed by atoms with E-state index in [1.165, 1.54) is 6.42 Å². The number of rotatable bonds is 3. The molecule has 3 nitrogen and oxygen atoms in total. The maximum atomic E-state index is 13.5. The third kappa shape index (κ3) is 2.98. The van der Waals surface area contributed by atoms with Crippen LogP contribution in [0, 0.1) is 6.92 Å². The topological polar surface area (TPSA) is 29.5 Å². The zero-order chi connectivity index (χ0) is 19.2. The molecule has 0 unspecified atom stereocenters. The smallest absolute Gasteiger partial charge is 0.255 e. The maximum Gasteiger partial charge on any atom is 0.255 e. The number of carbonyl (C=O) groups excluding carboxylic acids is 1. The number of ether oxygens (including phenoxy) is 1.